The summed E-state index contributed by atoms with van der Waals surface area (Å²) >= 11 is 0. The Morgan fingerprint density at radius 1 is 1.50 bits per heavy atom. The molecule has 3 nitrogen and oxygen atoms in total. The lowest BCUT2D eigenvalue weighted by atomic mass is 9.88. The molecular weight excluding hydrogens is 176 g/mol. The van der Waals surface area contributed by atoms with Crippen molar-refractivity contribution < 1.29 is 4.84 Å². The predicted octanol–water partition coefficient (Wildman–Crippen LogP) is 2.03. The molecule has 1 spiro atoms. The molecule has 1 atom stereocenters. The average molecular weight is 196 g/mol. The molecule has 0 radical (unpaired) electrons. The number of rotatable bonds is 1. The van der Waals surface area contributed by atoms with Gasteiger partial charge in [-0.2, -0.15) is 0 Å². The van der Waals surface area contributed by atoms with Gasteiger partial charge in [-0.15, -0.1) is 0 Å². The zero-order valence-corrected chi connectivity index (χ0v) is 9.42. The van der Waals surface area contributed by atoms with E-state index in [1.807, 2.05) is 0 Å². The van der Waals surface area contributed by atoms with Crippen LogP contribution in [0.5, 0.6) is 0 Å². The second kappa shape index (κ2) is 3.54. The predicted molar refractivity (Wildman–Crippen MR) is 57.5 cm³/mol. The van der Waals surface area contributed by atoms with E-state index >= 15 is 0 Å². The summed E-state index contributed by atoms with van der Waals surface area (Å²) in [5, 5.41) is 4.10. The van der Waals surface area contributed by atoms with Crippen LogP contribution in [0.15, 0.2) is 5.16 Å². The highest BCUT2D eigenvalue weighted by Crippen LogP contribution is 2.33. The van der Waals surface area contributed by atoms with Crippen LogP contribution >= 0.6 is 0 Å². The molecule has 2 aliphatic heterocycles. The Hall–Kier alpha value is -0.570. The zero-order chi connectivity index (χ0) is 10.2. The van der Waals surface area contributed by atoms with Gasteiger partial charge in [0, 0.05) is 19.0 Å². The van der Waals surface area contributed by atoms with Gasteiger partial charge in [-0.1, -0.05) is 5.16 Å². The van der Waals surface area contributed by atoms with E-state index < -0.39 is 0 Å². The summed E-state index contributed by atoms with van der Waals surface area (Å²) < 4.78 is 0. The maximum Gasteiger partial charge on any atom is 0.155 e. The van der Waals surface area contributed by atoms with Crippen molar-refractivity contribution in [3.8, 4) is 0 Å². The van der Waals surface area contributed by atoms with Crippen molar-refractivity contribution in [1.29, 1.82) is 0 Å². The minimum Gasteiger partial charge on any atom is -0.388 e. The molecule has 3 heteroatoms. The smallest absolute Gasteiger partial charge is 0.155 e. The van der Waals surface area contributed by atoms with E-state index in [0.29, 0.717) is 6.04 Å². The fraction of sp³-hybridized carbons (Fsp3) is 0.909. The minimum atomic E-state index is 0.0204. The van der Waals surface area contributed by atoms with Crippen molar-refractivity contribution in [3.63, 3.8) is 0 Å². The molecule has 2 heterocycles. The summed E-state index contributed by atoms with van der Waals surface area (Å²) in [7, 11) is 0. The van der Waals surface area contributed by atoms with Crippen molar-refractivity contribution in [2.24, 2.45) is 5.16 Å². The number of piperidine rings is 1. The average Bonchev–Trinajstić information content (AvgIpc) is 2.47. The molecule has 1 saturated heterocycles. The number of hydrogen-bond donors (Lipinski definition) is 0. The first-order valence-corrected chi connectivity index (χ1v) is 5.57. The van der Waals surface area contributed by atoms with Crippen molar-refractivity contribution in [3.05, 3.63) is 0 Å². The molecular formula is C11H20N2O. The highest BCUT2D eigenvalue weighted by molar-refractivity contribution is 5.83. The quantitative estimate of drug-likeness (QED) is 0.641. The molecule has 1 fully saturated rings. The zero-order valence-electron chi connectivity index (χ0n) is 9.42. The molecule has 0 aromatic heterocycles. The highest BCUT2D eigenvalue weighted by atomic mass is 16.7. The van der Waals surface area contributed by atoms with Crippen LogP contribution < -0.4 is 0 Å². The number of likely N-dealkylation sites (tertiary alicyclic amines) is 1. The van der Waals surface area contributed by atoms with Gasteiger partial charge in [-0.3, -0.25) is 4.90 Å². The lowest BCUT2D eigenvalue weighted by molar-refractivity contribution is -0.0748. The van der Waals surface area contributed by atoms with Gasteiger partial charge in [0.1, 0.15) is 0 Å². The Morgan fingerprint density at radius 3 is 2.86 bits per heavy atom. The van der Waals surface area contributed by atoms with E-state index in [9.17, 15) is 0 Å². The Labute approximate surface area is 86.1 Å². The maximum absolute atomic E-state index is 5.62. The standard InChI is InChI=1S/C11H20N2O/c1-9(2)13-6-4-5-11(8-13)7-10(3)12-14-11/h9H,4-8H2,1-3H3. The first-order valence-electron chi connectivity index (χ1n) is 5.57. The van der Waals surface area contributed by atoms with Gasteiger partial charge in [0.25, 0.3) is 0 Å². The monoisotopic (exact) mass is 196 g/mol. The number of oxime groups is 1. The van der Waals surface area contributed by atoms with E-state index in [-0.39, 0.29) is 5.60 Å². The van der Waals surface area contributed by atoms with E-state index in [0.717, 1.165) is 25.1 Å². The van der Waals surface area contributed by atoms with Crippen LogP contribution in [0.25, 0.3) is 0 Å². The molecule has 2 rings (SSSR count). The van der Waals surface area contributed by atoms with Crippen molar-refractivity contribution in [2.75, 3.05) is 13.1 Å². The molecule has 0 aromatic rings. The van der Waals surface area contributed by atoms with Crippen molar-refractivity contribution in [1.82, 2.24) is 4.90 Å². The summed E-state index contributed by atoms with van der Waals surface area (Å²) in [5.41, 5.74) is 1.17. The third-order valence-corrected chi connectivity index (χ3v) is 3.27. The fourth-order valence-corrected chi connectivity index (χ4v) is 2.50. The largest absolute Gasteiger partial charge is 0.388 e. The Morgan fingerprint density at radius 2 is 2.29 bits per heavy atom. The molecule has 14 heavy (non-hydrogen) atoms. The van der Waals surface area contributed by atoms with E-state index in [1.165, 1.54) is 13.0 Å². The van der Waals surface area contributed by atoms with Crippen molar-refractivity contribution in [2.45, 2.75) is 51.7 Å². The van der Waals surface area contributed by atoms with Crippen LogP contribution in [0, 0.1) is 0 Å². The van der Waals surface area contributed by atoms with Gasteiger partial charge in [-0.05, 0) is 40.2 Å². The maximum atomic E-state index is 5.62. The normalized spacial score (nSPS) is 33.6. The second-order valence-corrected chi connectivity index (χ2v) is 4.95. The lowest BCUT2D eigenvalue weighted by Crippen LogP contribution is -2.50. The molecule has 80 valence electrons. The third kappa shape index (κ3) is 1.78. The van der Waals surface area contributed by atoms with E-state index in [2.05, 4.69) is 30.8 Å². The van der Waals surface area contributed by atoms with Gasteiger partial charge in [0.15, 0.2) is 5.60 Å². The SMILES string of the molecule is CC1=NOC2(CCCN(C(C)C)C2)C1. The molecule has 0 amide bonds. The highest BCUT2D eigenvalue weighted by Gasteiger charge is 2.42. The summed E-state index contributed by atoms with van der Waals surface area (Å²) in [6.45, 7) is 8.82. The van der Waals surface area contributed by atoms with Crippen LogP contribution in [-0.4, -0.2) is 35.3 Å². The first kappa shape index (κ1) is 9.97. The fourth-order valence-electron chi connectivity index (χ4n) is 2.50. The second-order valence-electron chi connectivity index (χ2n) is 4.95. The Balaban J connectivity index is 2.01. The van der Waals surface area contributed by atoms with Crippen LogP contribution in [0.2, 0.25) is 0 Å². The number of nitrogens with zero attached hydrogens (tertiary/aromatic N) is 2. The summed E-state index contributed by atoms with van der Waals surface area (Å²) in [6.07, 6.45) is 3.42. The summed E-state index contributed by atoms with van der Waals surface area (Å²) in [6, 6.07) is 0.622. The van der Waals surface area contributed by atoms with Gasteiger partial charge >= 0.3 is 0 Å². The topological polar surface area (TPSA) is 24.8 Å². The molecule has 2 aliphatic rings. The first-order chi connectivity index (χ1) is 6.61. The molecule has 0 aromatic carbocycles. The molecule has 0 saturated carbocycles. The lowest BCUT2D eigenvalue weighted by Gasteiger charge is -2.40. The third-order valence-electron chi connectivity index (χ3n) is 3.27. The molecule has 1 unspecified atom stereocenters. The van der Waals surface area contributed by atoms with Gasteiger partial charge < -0.3 is 4.84 Å². The Kier molecular flexibility index (Phi) is 2.52. The van der Waals surface area contributed by atoms with E-state index in [1.54, 1.807) is 0 Å². The van der Waals surface area contributed by atoms with Crippen LogP contribution in [0.1, 0.15) is 40.0 Å². The molecule has 0 bridgehead atoms. The van der Waals surface area contributed by atoms with Crippen LogP contribution in [-0.2, 0) is 4.84 Å². The molecule has 0 aliphatic carbocycles. The van der Waals surface area contributed by atoms with Gasteiger partial charge in [-0.25, -0.2) is 0 Å². The van der Waals surface area contributed by atoms with Crippen molar-refractivity contribution >= 4 is 5.71 Å². The van der Waals surface area contributed by atoms with E-state index in [4.69, 9.17) is 4.84 Å². The van der Waals surface area contributed by atoms with Gasteiger partial charge in [0.05, 0.1) is 5.71 Å². The number of hydrogen-bond acceptors (Lipinski definition) is 3. The molecule has 0 N–H and O–H groups in total. The van der Waals surface area contributed by atoms with Gasteiger partial charge in [0.2, 0.25) is 0 Å². The summed E-state index contributed by atoms with van der Waals surface area (Å²) in [5.74, 6) is 0. The summed E-state index contributed by atoms with van der Waals surface area (Å²) in [4.78, 5) is 8.12. The Bertz CT molecular complexity index is 250. The van der Waals surface area contributed by atoms with Crippen LogP contribution in [0.4, 0.5) is 0 Å². The minimum absolute atomic E-state index is 0.0204. The van der Waals surface area contributed by atoms with Crippen LogP contribution in [0.3, 0.4) is 0 Å².